The number of benzene rings is 2. The third-order valence-electron chi connectivity index (χ3n) is 4.25. The van der Waals surface area contributed by atoms with Gasteiger partial charge in [0.25, 0.3) is 0 Å². The van der Waals surface area contributed by atoms with E-state index in [1.54, 1.807) is 20.8 Å². The van der Waals surface area contributed by atoms with Gasteiger partial charge >= 0.3 is 12.1 Å². The normalized spacial score (nSPS) is 12.9. The molecule has 2 rings (SSSR count). The Labute approximate surface area is 176 Å². The van der Waals surface area contributed by atoms with E-state index in [0.717, 1.165) is 11.1 Å². The first kappa shape index (κ1) is 23.6. The first-order chi connectivity index (χ1) is 14.1. The van der Waals surface area contributed by atoms with Crippen molar-refractivity contribution in [2.75, 3.05) is 0 Å². The van der Waals surface area contributed by atoms with Gasteiger partial charge in [0.2, 0.25) is 0 Å². The second-order valence-corrected chi connectivity index (χ2v) is 8.12. The van der Waals surface area contributed by atoms with Crippen LogP contribution in [0.15, 0.2) is 65.7 Å². The molecule has 2 aromatic carbocycles. The van der Waals surface area contributed by atoms with Gasteiger partial charge in [0.1, 0.15) is 11.6 Å². The number of unbranched alkanes of at least 4 members (excludes halogenated alkanes) is 1. The van der Waals surface area contributed by atoms with Crippen molar-refractivity contribution >= 4 is 11.7 Å². The molecule has 0 aromatic heterocycles. The van der Waals surface area contributed by atoms with Gasteiger partial charge in [-0.15, -0.1) is 0 Å². The third-order valence-corrected chi connectivity index (χ3v) is 4.25. The van der Waals surface area contributed by atoms with Gasteiger partial charge < -0.3 is 4.74 Å². The summed E-state index contributed by atoms with van der Waals surface area (Å²) in [6.45, 7) is 5.26. The molecule has 0 aliphatic carbocycles. The van der Waals surface area contributed by atoms with Gasteiger partial charge in [-0.1, -0.05) is 67.1 Å². The lowest BCUT2D eigenvalue weighted by molar-refractivity contribution is -0.156. The highest BCUT2D eigenvalue weighted by Crippen LogP contribution is 2.24. The van der Waals surface area contributed by atoms with E-state index in [0.29, 0.717) is 5.71 Å². The largest absolute Gasteiger partial charge is 0.458 e. The van der Waals surface area contributed by atoms with Crippen LogP contribution in [-0.2, 0) is 9.53 Å². The minimum atomic E-state index is -4.20. The average Bonchev–Trinajstić information content (AvgIpc) is 2.66. The maximum Gasteiger partial charge on any atom is 0.389 e. The van der Waals surface area contributed by atoms with Crippen LogP contribution in [0.4, 0.5) is 13.2 Å². The van der Waals surface area contributed by atoms with Crippen molar-refractivity contribution in [1.29, 1.82) is 0 Å². The Morgan fingerprint density at radius 3 is 1.83 bits per heavy atom. The summed E-state index contributed by atoms with van der Waals surface area (Å²) in [5, 5.41) is 0. The number of ether oxygens (including phenoxy) is 1. The maximum atomic E-state index is 12.8. The molecule has 0 aliphatic heterocycles. The number of aliphatic imine (C=N–C) groups is 1. The highest BCUT2D eigenvalue weighted by molar-refractivity contribution is 6.13. The van der Waals surface area contributed by atoms with Crippen LogP contribution in [0.3, 0.4) is 0 Å². The van der Waals surface area contributed by atoms with E-state index in [4.69, 9.17) is 9.73 Å². The number of carbonyl (C=O) groups is 1. The Morgan fingerprint density at radius 2 is 1.40 bits per heavy atom. The summed E-state index contributed by atoms with van der Waals surface area (Å²) in [6.07, 6.45) is -4.71. The molecule has 1 atom stereocenters. The lowest BCUT2D eigenvalue weighted by Gasteiger charge is -2.23. The summed E-state index contributed by atoms with van der Waals surface area (Å²) in [7, 11) is 0. The molecule has 0 amide bonds. The monoisotopic (exact) mass is 419 g/mol. The van der Waals surface area contributed by atoms with Crippen LogP contribution in [0.2, 0.25) is 0 Å². The van der Waals surface area contributed by atoms with Crippen LogP contribution in [0, 0.1) is 0 Å². The van der Waals surface area contributed by atoms with E-state index < -0.39 is 30.2 Å². The molecular formula is C24H28F3NO2. The lowest BCUT2D eigenvalue weighted by Crippen LogP contribution is -2.32. The van der Waals surface area contributed by atoms with E-state index in [9.17, 15) is 18.0 Å². The molecule has 0 fully saturated rings. The Bertz CT molecular complexity index is 784. The molecule has 6 heteroatoms. The number of carbonyl (C=O) groups excluding carboxylic acids is 1. The van der Waals surface area contributed by atoms with Crippen molar-refractivity contribution in [2.45, 2.75) is 64.3 Å². The van der Waals surface area contributed by atoms with Gasteiger partial charge in [0, 0.05) is 17.5 Å². The van der Waals surface area contributed by atoms with Gasteiger partial charge in [0.15, 0.2) is 0 Å². The minimum absolute atomic E-state index is 0.0513. The van der Waals surface area contributed by atoms with Crippen molar-refractivity contribution < 1.29 is 22.7 Å². The SMILES string of the molecule is CC(C)(C)OC(=O)[C@H](CCCCC(F)(F)F)N=C(c1ccccc1)c1ccccc1. The first-order valence-electron chi connectivity index (χ1n) is 10.0. The molecule has 0 saturated carbocycles. The van der Waals surface area contributed by atoms with Gasteiger partial charge in [-0.2, -0.15) is 13.2 Å². The first-order valence-corrected chi connectivity index (χ1v) is 10.0. The van der Waals surface area contributed by atoms with Crippen LogP contribution in [-0.4, -0.2) is 29.5 Å². The summed E-state index contributed by atoms with van der Waals surface area (Å²) in [6, 6.07) is 17.9. The summed E-state index contributed by atoms with van der Waals surface area (Å²) < 4.78 is 43.0. The predicted molar refractivity (Wildman–Crippen MR) is 113 cm³/mol. The Morgan fingerprint density at radius 1 is 0.900 bits per heavy atom. The van der Waals surface area contributed by atoms with Crippen LogP contribution >= 0.6 is 0 Å². The molecule has 2 aromatic rings. The van der Waals surface area contributed by atoms with E-state index >= 15 is 0 Å². The number of esters is 1. The van der Waals surface area contributed by atoms with Gasteiger partial charge in [-0.3, -0.25) is 4.99 Å². The fourth-order valence-electron chi connectivity index (χ4n) is 2.93. The standard InChI is InChI=1S/C24H28F3NO2/c1-23(2,3)30-22(29)20(16-10-11-17-24(25,26)27)28-21(18-12-6-4-7-13-18)19-14-8-5-9-15-19/h4-9,12-15,20H,10-11,16-17H2,1-3H3/t20-/m0/s1. The van der Waals surface area contributed by atoms with Gasteiger partial charge in [-0.05, 0) is 33.6 Å². The number of hydrogen-bond donors (Lipinski definition) is 0. The molecule has 162 valence electrons. The van der Waals surface area contributed by atoms with Crippen molar-refractivity contribution in [1.82, 2.24) is 0 Å². The van der Waals surface area contributed by atoms with Crippen molar-refractivity contribution in [3.05, 3.63) is 71.8 Å². The summed E-state index contributed by atoms with van der Waals surface area (Å²) in [4.78, 5) is 17.5. The molecule has 0 spiro atoms. The number of hydrogen-bond acceptors (Lipinski definition) is 3. The van der Waals surface area contributed by atoms with E-state index in [1.807, 2.05) is 60.7 Å². The van der Waals surface area contributed by atoms with Gasteiger partial charge in [0.05, 0.1) is 5.71 Å². The zero-order valence-corrected chi connectivity index (χ0v) is 17.6. The van der Waals surface area contributed by atoms with Crippen LogP contribution < -0.4 is 0 Å². The van der Waals surface area contributed by atoms with Crippen LogP contribution in [0.5, 0.6) is 0 Å². The highest BCUT2D eigenvalue weighted by Gasteiger charge is 2.28. The molecule has 0 bridgehead atoms. The van der Waals surface area contributed by atoms with E-state index in [1.165, 1.54) is 0 Å². The Balaban J connectivity index is 2.34. The Hall–Kier alpha value is -2.63. The lowest BCUT2D eigenvalue weighted by atomic mass is 10.0. The number of rotatable bonds is 8. The molecule has 30 heavy (non-hydrogen) atoms. The molecule has 0 unspecified atom stereocenters. The second kappa shape index (κ2) is 10.4. The molecular weight excluding hydrogens is 391 g/mol. The molecule has 0 saturated heterocycles. The predicted octanol–water partition coefficient (Wildman–Crippen LogP) is 6.36. The summed E-state index contributed by atoms with van der Waals surface area (Å²) >= 11 is 0. The minimum Gasteiger partial charge on any atom is -0.458 e. The molecule has 0 aliphatic rings. The fourth-order valence-corrected chi connectivity index (χ4v) is 2.93. The zero-order valence-electron chi connectivity index (χ0n) is 17.6. The fraction of sp³-hybridized carbons (Fsp3) is 0.417. The number of halogens is 3. The average molecular weight is 419 g/mol. The molecule has 0 radical (unpaired) electrons. The molecule has 0 N–H and O–H groups in total. The topological polar surface area (TPSA) is 38.7 Å². The third kappa shape index (κ3) is 8.39. The number of alkyl halides is 3. The Kier molecular flexibility index (Phi) is 8.21. The highest BCUT2D eigenvalue weighted by atomic mass is 19.4. The zero-order chi connectivity index (χ0) is 22.2. The van der Waals surface area contributed by atoms with Crippen molar-refractivity contribution in [3.63, 3.8) is 0 Å². The quantitative estimate of drug-likeness (QED) is 0.284. The van der Waals surface area contributed by atoms with Crippen LogP contribution in [0.1, 0.15) is 57.6 Å². The van der Waals surface area contributed by atoms with Gasteiger partial charge in [-0.25, -0.2) is 4.79 Å². The maximum absolute atomic E-state index is 12.8. The summed E-state index contributed by atoms with van der Waals surface area (Å²) in [5.41, 5.74) is 1.55. The molecule has 0 heterocycles. The smallest absolute Gasteiger partial charge is 0.389 e. The second-order valence-electron chi connectivity index (χ2n) is 8.12. The molecule has 3 nitrogen and oxygen atoms in total. The van der Waals surface area contributed by atoms with E-state index in [2.05, 4.69) is 0 Å². The van der Waals surface area contributed by atoms with E-state index in [-0.39, 0.29) is 19.3 Å². The summed E-state index contributed by atoms with van der Waals surface area (Å²) in [5.74, 6) is -0.529. The van der Waals surface area contributed by atoms with Crippen LogP contribution in [0.25, 0.3) is 0 Å². The van der Waals surface area contributed by atoms with Crippen molar-refractivity contribution in [3.8, 4) is 0 Å². The van der Waals surface area contributed by atoms with Crippen molar-refractivity contribution in [2.24, 2.45) is 4.99 Å². The number of nitrogens with zero attached hydrogens (tertiary/aromatic N) is 1.